The highest BCUT2D eigenvalue weighted by atomic mass is 15.3. The summed E-state index contributed by atoms with van der Waals surface area (Å²) in [7, 11) is 0. The van der Waals surface area contributed by atoms with Crippen molar-refractivity contribution in [1.29, 1.82) is 0 Å². The molecule has 5 nitrogen and oxygen atoms in total. The van der Waals surface area contributed by atoms with Gasteiger partial charge in [-0.25, -0.2) is 5.10 Å². The van der Waals surface area contributed by atoms with Crippen LogP contribution in [0.1, 0.15) is 19.8 Å². The van der Waals surface area contributed by atoms with Crippen molar-refractivity contribution < 1.29 is 0 Å². The molecular formula is C6H11N5. The summed E-state index contributed by atoms with van der Waals surface area (Å²) in [6.07, 6.45) is 2.36. The van der Waals surface area contributed by atoms with Gasteiger partial charge < -0.3 is 11.1 Å². The van der Waals surface area contributed by atoms with Crippen molar-refractivity contribution in [3.05, 3.63) is 0 Å². The molecule has 5 heteroatoms. The van der Waals surface area contributed by atoms with E-state index < -0.39 is 0 Å². The molecule has 0 amide bonds. The number of hydrogen-bond acceptors (Lipinski definition) is 4. The predicted octanol–water partition coefficient (Wildman–Crippen LogP) is 0.351. The van der Waals surface area contributed by atoms with Crippen molar-refractivity contribution >= 4 is 11.9 Å². The molecule has 0 aliphatic heterocycles. The Morgan fingerprint density at radius 3 is 2.82 bits per heavy atom. The van der Waals surface area contributed by atoms with E-state index in [9.17, 15) is 0 Å². The van der Waals surface area contributed by atoms with Crippen LogP contribution in [0.2, 0.25) is 0 Å². The first-order valence-electron chi connectivity index (χ1n) is 3.64. The van der Waals surface area contributed by atoms with E-state index in [1.165, 1.54) is 12.8 Å². The van der Waals surface area contributed by atoms with E-state index in [2.05, 4.69) is 27.4 Å². The number of anilines is 2. The lowest BCUT2D eigenvalue weighted by atomic mass is 10.3. The van der Waals surface area contributed by atoms with Crippen molar-refractivity contribution in [2.75, 3.05) is 11.1 Å². The maximum absolute atomic E-state index is 5.35. The van der Waals surface area contributed by atoms with Gasteiger partial charge in [0.25, 0.3) is 0 Å². The average Bonchev–Trinajstić information content (AvgIpc) is 2.49. The van der Waals surface area contributed by atoms with Crippen LogP contribution in [0.25, 0.3) is 0 Å². The Kier molecular flexibility index (Phi) is 1.10. The summed E-state index contributed by atoms with van der Waals surface area (Å²) < 4.78 is 0. The fraction of sp³-hybridized carbons (Fsp3) is 0.667. The third-order valence-electron chi connectivity index (χ3n) is 1.92. The summed E-state index contributed by atoms with van der Waals surface area (Å²) in [5, 5.41) is 9.62. The van der Waals surface area contributed by atoms with Crippen LogP contribution in [0.4, 0.5) is 11.9 Å². The highest BCUT2D eigenvalue weighted by molar-refractivity contribution is 5.35. The van der Waals surface area contributed by atoms with Gasteiger partial charge in [-0.15, -0.1) is 5.10 Å². The van der Waals surface area contributed by atoms with E-state index in [0.717, 1.165) is 0 Å². The first-order valence-corrected chi connectivity index (χ1v) is 3.64. The normalized spacial score (nSPS) is 19.7. The molecule has 0 atom stereocenters. The Bertz CT molecular complexity index is 262. The number of nitrogen functional groups attached to an aromatic ring is 1. The minimum atomic E-state index is 0.217. The Morgan fingerprint density at radius 1 is 1.64 bits per heavy atom. The van der Waals surface area contributed by atoms with Gasteiger partial charge in [0.1, 0.15) is 0 Å². The number of aromatic nitrogens is 3. The number of aromatic amines is 1. The maximum Gasteiger partial charge on any atom is 0.244 e. The second-order valence-electron chi connectivity index (χ2n) is 3.23. The summed E-state index contributed by atoms with van der Waals surface area (Å²) in [5.41, 5.74) is 5.57. The van der Waals surface area contributed by atoms with Crippen LogP contribution in [0.5, 0.6) is 0 Å². The fourth-order valence-electron chi connectivity index (χ4n) is 0.913. The van der Waals surface area contributed by atoms with E-state index >= 15 is 0 Å². The third-order valence-corrected chi connectivity index (χ3v) is 1.92. The minimum absolute atomic E-state index is 0.217. The molecule has 60 valence electrons. The van der Waals surface area contributed by atoms with Crippen molar-refractivity contribution in [2.24, 2.45) is 0 Å². The molecular weight excluding hydrogens is 142 g/mol. The van der Waals surface area contributed by atoms with Crippen molar-refractivity contribution in [3.63, 3.8) is 0 Å². The van der Waals surface area contributed by atoms with E-state index in [4.69, 9.17) is 5.73 Å². The zero-order valence-electron chi connectivity index (χ0n) is 6.39. The molecule has 1 aromatic heterocycles. The summed E-state index contributed by atoms with van der Waals surface area (Å²) in [4.78, 5) is 3.94. The molecule has 1 aromatic rings. The molecule has 1 heterocycles. The smallest absolute Gasteiger partial charge is 0.244 e. The van der Waals surface area contributed by atoms with Crippen molar-refractivity contribution in [2.45, 2.75) is 25.3 Å². The van der Waals surface area contributed by atoms with E-state index in [1.54, 1.807) is 0 Å². The molecule has 0 aromatic carbocycles. The summed E-state index contributed by atoms with van der Waals surface area (Å²) in [6, 6.07) is 0. The zero-order chi connectivity index (χ0) is 7.90. The van der Waals surface area contributed by atoms with Gasteiger partial charge in [0, 0.05) is 5.54 Å². The molecule has 1 saturated carbocycles. The van der Waals surface area contributed by atoms with Gasteiger partial charge in [0.15, 0.2) is 0 Å². The number of rotatable bonds is 2. The highest BCUT2D eigenvalue weighted by Gasteiger charge is 2.37. The number of hydrogen-bond donors (Lipinski definition) is 3. The minimum Gasteiger partial charge on any atom is -0.368 e. The van der Waals surface area contributed by atoms with Gasteiger partial charge in [0.05, 0.1) is 0 Å². The number of nitrogens with two attached hydrogens (primary N) is 1. The molecule has 0 spiro atoms. The van der Waals surface area contributed by atoms with Gasteiger partial charge in [-0.2, -0.15) is 4.98 Å². The second-order valence-corrected chi connectivity index (χ2v) is 3.23. The summed E-state index contributed by atoms with van der Waals surface area (Å²) >= 11 is 0. The lowest BCUT2D eigenvalue weighted by molar-refractivity contribution is 0.811. The standard InChI is InChI=1S/C6H11N5/c1-6(2-3-6)9-5-8-4(7)10-11-5/h2-3H2,1H3,(H4,7,8,9,10,11). The molecule has 1 aliphatic carbocycles. The van der Waals surface area contributed by atoms with Crippen LogP contribution in [0.3, 0.4) is 0 Å². The van der Waals surface area contributed by atoms with Crippen LogP contribution < -0.4 is 11.1 Å². The molecule has 0 unspecified atom stereocenters. The van der Waals surface area contributed by atoms with Gasteiger partial charge in [-0.3, -0.25) is 0 Å². The van der Waals surface area contributed by atoms with Crippen LogP contribution in [0.15, 0.2) is 0 Å². The molecule has 0 bridgehead atoms. The number of nitrogens with one attached hydrogen (secondary N) is 2. The monoisotopic (exact) mass is 153 g/mol. The molecule has 0 saturated heterocycles. The number of H-pyrrole nitrogens is 1. The molecule has 1 aliphatic rings. The van der Waals surface area contributed by atoms with E-state index in [1.807, 2.05) is 0 Å². The van der Waals surface area contributed by atoms with Crippen LogP contribution in [-0.4, -0.2) is 20.7 Å². The number of nitrogens with zero attached hydrogens (tertiary/aromatic N) is 2. The third kappa shape index (κ3) is 1.26. The lowest BCUT2D eigenvalue weighted by Gasteiger charge is -2.06. The highest BCUT2D eigenvalue weighted by Crippen LogP contribution is 2.37. The Hall–Kier alpha value is -1.26. The van der Waals surface area contributed by atoms with Gasteiger partial charge in [-0.05, 0) is 19.8 Å². The summed E-state index contributed by atoms with van der Waals surface area (Å²) in [5.74, 6) is 0.958. The zero-order valence-corrected chi connectivity index (χ0v) is 6.39. The molecule has 1 fully saturated rings. The van der Waals surface area contributed by atoms with Crippen LogP contribution in [-0.2, 0) is 0 Å². The van der Waals surface area contributed by atoms with Crippen molar-refractivity contribution in [1.82, 2.24) is 15.2 Å². The Morgan fingerprint density at radius 2 is 2.36 bits per heavy atom. The molecule has 11 heavy (non-hydrogen) atoms. The van der Waals surface area contributed by atoms with E-state index in [0.29, 0.717) is 11.9 Å². The average molecular weight is 153 g/mol. The quantitative estimate of drug-likeness (QED) is 0.572. The Labute approximate surface area is 64.4 Å². The van der Waals surface area contributed by atoms with Gasteiger partial charge >= 0.3 is 0 Å². The maximum atomic E-state index is 5.35. The first kappa shape index (κ1) is 6.45. The fourth-order valence-corrected chi connectivity index (χ4v) is 0.913. The van der Waals surface area contributed by atoms with Gasteiger partial charge in [0.2, 0.25) is 11.9 Å². The van der Waals surface area contributed by atoms with Crippen molar-refractivity contribution in [3.8, 4) is 0 Å². The first-order chi connectivity index (χ1) is 5.18. The predicted molar refractivity (Wildman–Crippen MR) is 42.1 cm³/mol. The molecule has 2 rings (SSSR count). The van der Waals surface area contributed by atoms with Crippen LogP contribution in [0, 0.1) is 0 Å². The second kappa shape index (κ2) is 1.87. The van der Waals surface area contributed by atoms with Crippen LogP contribution >= 0.6 is 0 Å². The Balaban J connectivity index is 2.06. The lowest BCUT2D eigenvalue weighted by Crippen LogP contribution is -2.16. The van der Waals surface area contributed by atoms with E-state index in [-0.39, 0.29) is 5.54 Å². The molecule has 0 radical (unpaired) electrons. The summed E-state index contributed by atoms with van der Waals surface area (Å²) in [6.45, 7) is 2.14. The largest absolute Gasteiger partial charge is 0.368 e. The molecule has 4 N–H and O–H groups in total. The van der Waals surface area contributed by atoms with Gasteiger partial charge in [-0.1, -0.05) is 0 Å². The topological polar surface area (TPSA) is 79.6 Å². The SMILES string of the molecule is CC1(Nc2n[nH]c(N)n2)CC1.